The molecule has 28 heavy (non-hydrogen) atoms. The van der Waals surface area contributed by atoms with Crippen molar-refractivity contribution in [3.63, 3.8) is 0 Å². The van der Waals surface area contributed by atoms with Crippen molar-refractivity contribution >= 4 is 35.2 Å². The molecule has 1 unspecified atom stereocenters. The smallest absolute Gasteiger partial charge is 0.261 e. The van der Waals surface area contributed by atoms with Crippen LogP contribution in [0.4, 0.5) is 14.5 Å². The summed E-state index contributed by atoms with van der Waals surface area (Å²) in [5, 5.41) is 1.95. The maximum absolute atomic E-state index is 13.6. The molecule has 1 aliphatic heterocycles. The van der Waals surface area contributed by atoms with Gasteiger partial charge in [-0.15, -0.1) is 11.8 Å². The predicted molar refractivity (Wildman–Crippen MR) is 103 cm³/mol. The number of fused-ring (bicyclic) bond motifs is 1. The van der Waals surface area contributed by atoms with E-state index in [2.05, 4.69) is 5.32 Å². The summed E-state index contributed by atoms with van der Waals surface area (Å²) in [5.74, 6) is -2.03. The van der Waals surface area contributed by atoms with Crippen LogP contribution in [0.25, 0.3) is 0 Å². The standard InChI is InChI=1S/C20H18F2N2O3S/c1-12(18(25)23-17-8-7-13(21)11-16(17)22)28-10-4-9-24-19(26)14-5-2-3-6-15(14)20(24)27/h2-3,5-8,11-12H,4,9-10H2,1H3,(H,23,25). The number of benzene rings is 2. The third-order valence-corrected chi connectivity index (χ3v) is 5.57. The van der Waals surface area contributed by atoms with E-state index in [1.165, 1.54) is 22.7 Å². The molecule has 3 rings (SSSR count). The molecule has 3 amide bonds. The molecule has 0 bridgehead atoms. The molecular formula is C20H18F2N2O3S. The van der Waals surface area contributed by atoms with E-state index in [-0.39, 0.29) is 24.0 Å². The first-order chi connectivity index (χ1) is 13.4. The van der Waals surface area contributed by atoms with Crippen LogP contribution < -0.4 is 5.32 Å². The number of thioether (sulfide) groups is 1. The summed E-state index contributed by atoms with van der Waals surface area (Å²) in [6.07, 6.45) is 0.526. The molecule has 8 heteroatoms. The lowest BCUT2D eigenvalue weighted by Crippen LogP contribution is -2.31. The molecule has 0 saturated heterocycles. The van der Waals surface area contributed by atoms with E-state index in [9.17, 15) is 23.2 Å². The van der Waals surface area contributed by atoms with Crippen LogP contribution in [0.1, 0.15) is 34.1 Å². The monoisotopic (exact) mass is 404 g/mol. The number of hydrogen-bond donors (Lipinski definition) is 1. The SMILES string of the molecule is CC(SCCCN1C(=O)c2ccccc2C1=O)C(=O)Nc1ccc(F)cc1F. The lowest BCUT2D eigenvalue weighted by atomic mass is 10.1. The maximum atomic E-state index is 13.6. The van der Waals surface area contributed by atoms with Gasteiger partial charge in [-0.3, -0.25) is 19.3 Å². The van der Waals surface area contributed by atoms with Crippen LogP contribution in [0.15, 0.2) is 42.5 Å². The molecule has 146 valence electrons. The fraction of sp³-hybridized carbons (Fsp3) is 0.250. The molecule has 0 radical (unpaired) electrons. The van der Waals surface area contributed by atoms with Crippen molar-refractivity contribution in [3.8, 4) is 0 Å². The van der Waals surface area contributed by atoms with Gasteiger partial charge in [-0.2, -0.15) is 0 Å². The molecule has 0 fully saturated rings. The number of halogens is 2. The molecule has 0 aromatic heterocycles. The molecule has 0 aliphatic carbocycles. The number of nitrogens with one attached hydrogen (secondary N) is 1. The second kappa shape index (κ2) is 8.52. The number of nitrogens with zero attached hydrogens (tertiary/aromatic N) is 1. The van der Waals surface area contributed by atoms with E-state index in [4.69, 9.17) is 0 Å². The quantitative estimate of drug-likeness (QED) is 0.564. The van der Waals surface area contributed by atoms with Gasteiger partial charge in [0.1, 0.15) is 11.6 Å². The molecule has 1 N–H and O–H groups in total. The molecule has 5 nitrogen and oxygen atoms in total. The Hall–Kier alpha value is -2.74. The van der Waals surface area contributed by atoms with Gasteiger partial charge in [0.15, 0.2) is 0 Å². The van der Waals surface area contributed by atoms with Gasteiger partial charge in [0, 0.05) is 12.6 Å². The summed E-state index contributed by atoms with van der Waals surface area (Å²) in [4.78, 5) is 37.9. The summed E-state index contributed by atoms with van der Waals surface area (Å²) in [7, 11) is 0. The molecular weight excluding hydrogens is 386 g/mol. The highest BCUT2D eigenvalue weighted by Crippen LogP contribution is 2.23. The first kappa shape index (κ1) is 20.0. The summed E-state index contributed by atoms with van der Waals surface area (Å²) in [6.45, 7) is 1.93. The van der Waals surface area contributed by atoms with Gasteiger partial charge in [-0.05, 0) is 43.4 Å². The van der Waals surface area contributed by atoms with Crippen molar-refractivity contribution < 1.29 is 23.2 Å². The Bertz CT molecular complexity index is 900. The van der Waals surface area contributed by atoms with Crippen LogP contribution >= 0.6 is 11.8 Å². The van der Waals surface area contributed by atoms with Crippen LogP contribution in [-0.4, -0.2) is 40.2 Å². The van der Waals surface area contributed by atoms with E-state index < -0.39 is 22.8 Å². The highest BCUT2D eigenvalue weighted by Gasteiger charge is 2.34. The van der Waals surface area contributed by atoms with Crippen molar-refractivity contribution in [2.75, 3.05) is 17.6 Å². The Kier molecular flexibility index (Phi) is 6.08. The van der Waals surface area contributed by atoms with E-state index in [1.807, 2.05) is 0 Å². The second-order valence-electron chi connectivity index (χ2n) is 6.29. The number of imide groups is 1. The minimum atomic E-state index is -0.837. The minimum absolute atomic E-state index is 0.0788. The summed E-state index contributed by atoms with van der Waals surface area (Å²) in [5.41, 5.74) is 0.744. The highest BCUT2D eigenvalue weighted by molar-refractivity contribution is 8.00. The third-order valence-electron chi connectivity index (χ3n) is 4.33. The Labute approximate surface area is 165 Å². The van der Waals surface area contributed by atoms with Crippen molar-refractivity contribution in [2.24, 2.45) is 0 Å². The number of carbonyl (C=O) groups excluding carboxylic acids is 3. The van der Waals surface area contributed by atoms with Gasteiger partial charge in [-0.1, -0.05) is 12.1 Å². The zero-order valence-corrected chi connectivity index (χ0v) is 15.9. The van der Waals surface area contributed by atoms with Crippen LogP contribution in [0.2, 0.25) is 0 Å². The zero-order chi connectivity index (χ0) is 20.3. The van der Waals surface area contributed by atoms with Gasteiger partial charge < -0.3 is 5.32 Å². The van der Waals surface area contributed by atoms with E-state index in [0.717, 1.165) is 6.07 Å². The lowest BCUT2D eigenvalue weighted by molar-refractivity contribution is -0.115. The van der Waals surface area contributed by atoms with Gasteiger partial charge in [0.05, 0.1) is 22.1 Å². The largest absolute Gasteiger partial charge is 0.323 e. The summed E-state index contributed by atoms with van der Waals surface area (Å²) in [6, 6.07) is 9.63. The maximum Gasteiger partial charge on any atom is 0.261 e. The van der Waals surface area contributed by atoms with Gasteiger partial charge >= 0.3 is 0 Å². The zero-order valence-electron chi connectivity index (χ0n) is 15.1. The molecule has 2 aromatic rings. The molecule has 0 saturated carbocycles. The third kappa shape index (κ3) is 4.22. The molecule has 2 aromatic carbocycles. The van der Waals surface area contributed by atoms with Gasteiger partial charge in [-0.25, -0.2) is 8.78 Å². The number of anilines is 1. The van der Waals surface area contributed by atoms with Crippen molar-refractivity contribution in [1.82, 2.24) is 4.90 Å². The van der Waals surface area contributed by atoms with E-state index >= 15 is 0 Å². The van der Waals surface area contributed by atoms with Crippen LogP contribution in [0.3, 0.4) is 0 Å². The fourth-order valence-electron chi connectivity index (χ4n) is 2.83. The number of carbonyl (C=O) groups is 3. The van der Waals surface area contributed by atoms with Gasteiger partial charge in [0.25, 0.3) is 11.8 Å². The van der Waals surface area contributed by atoms with Crippen molar-refractivity contribution in [3.05, 3.63) is 65.2 Å². The highest BCUT2D eigenvalue weighted by atomic mass is 32.2. The predicted octanol–water partition coefficient (Wildman–Crippen LogP) is 3.71. The van der Waals surface area contributed by atoms with Gasteiger partial charge in [0.2, 0.25) is 5.91 Å². The van der Waals surface area contributed by atoms with E-state index in [1.54, 1.807) is 31.2 Å². The lowest BCUT2D eigenvalue weighted by Gasteiger charge is -2.15. The number of amides is 3. The number of hydrogen-bond acceptors (Lipinski definition) is 4. The molecule has 1 atom stereocenters. The Morgan fingerprint density at radius 1 is 1.11 bits per heavy atom. The topological polar surface area (TPSA) is 66.5 Å². The first-order valence-corrected chi connectivity index (χ1v) is 9.76. The van der Waals surface area contributed by atoms with Crippen LogP contribution in [-0.2, 0) is 4.79 Å². The fourth-order valence-corrected chi connectivity index (χ4v) is 3.69. The Balaban J connectivity index is 1.46. The molecule has 1 heterocycles. The average molecular weight is 404 g/mol. The van der Waals surface area contributed by atoms with E-state index in [0.29, 0.717) is 29.4 Å². The van der Waals surface area contributed by atoms with Crippen molar-refractivity contribution in [1.29, 1.82) is 0 Å². The summed E-state index contributed by atoms with van der Waals surface area (Å²) < 4.78 is 26.5. The van der Waals surface area contributed by atoms with Crippen molar-refractivity contribution in [2.45, 2.75) is 18.6 Å². The van der Waals surface area contributed by atoms with Crippen LogP contribution in [0, 0.1) is 11.6 Å². The second-order valence-corrected chi connectivity index (χ2v) is 7.74. The minimum Gasteiger partial charge on any atom is -0.323 e. The Morgan fingerprint density at radius 3 is 2.36 bits per heavy atom. The first-order valence-electron chi connectivity index (χ1n) is 8.71. The average Bonchev–Trinajstić information content (AvgIpc) is 2.92. The molecule has 0 spiro atoms. The normalized spacial score (nSPS) is 14.2. The van der Waals surface area contributed by atoms with Crippen LogP contribution in [0.5, 0.6) is 0 Å². The summed E-state index contributed by atoms with van der Waals surface area (Å²) >= 11 is 1.32. The number of rotatable bonds is 7. The molecule has 1 aliphatic rings. The Morgan fingerprint density at radius 2 is 1.75 bits per heavy atom.